The number of nitrogens with zero attached hydrogens (tertiary/aromatic N) is 1. The maximum absolute atomic E-state index is 12.5. The molecule has 6 heteroatoms. The second kappa shape index (κ2) is 4.07. The molecule has 0 unspecified atom stereocenters. The Morgan fingerprint density at radius 3 is 2.53 bits per heavy atom. The molecule has 2 aromatic rings. The van der Waals surface area contributed by atoms with Gasteiger partial charge in [0.15, 0.2) is 0 Å². The third-order valence-electron chi connectivity index (χ3n) is 2.28. The first kappa shape index (κ1) is 12.0. The maximum Gasteiger partial charge on any atom is 0.433 e. The number of benzene rings is 1. The molecule has 2 rings (SSSR count). The summed E-state index contributed by atoms with van der Waals surface area (Å²) in [5.74, 6) is 0.466. The van der Waals surface area contributed by atoms with Crippen molar-refractivity contribution in [1.82, 2.24) is 4.98 Å². The van der Waals surface area contributed by atoms with E-state index < -0.39 is 11.9 Å². The SMILES string of the molecule is COc1ccc2c(Cl)nc(C(F)(F)F)cc2c1. The fourth-order valence-corrected chi connectivity index (χ4v) is 1.73. The minimum absolute atomic E-state index is 0.169. The van der Waals surface area contributed by atoms with Crippen molar-refractivity contribution in [1.29, 1.82) is 0 Å². The highest BCUT2D eigenvalue weighted by Crippen LogP contribution is 2.33. The smallest absolute Gasteiger partial charge is 0.433 e. The van der Waals surface area contributed by atoms with Crippen molar-refractivity contribution in [3.8, 4) is 5.75 Å². The minimum atomic E-state index is -4.51. The van der Waals surface area contributed by atoms with E-state index in [4.69, 9.17) is 16.3 Å². The van der Waals surface area contributed by atoms with Crippen molar-refractivity contribution < 1.29 is 17.9 Å². The molecule has 0 N–H and O–H groups in total. The van der Waals surface area contributed by atoms with Crippen LogP contribution in [-0.4, -0.2) is 12.1 Å². The average Bonchev–Trinajstić information content (AvgIpc) is 2.27. The zero-order valence-electron chi connectivity index (χ0n) is 8.68. The highest BCUT2D eigenvalue weighted by molar-refractivity contribution is 6.34. The zero-order valence-corrected chi connectivity index (χ0v) is 9.43. The molecule has 0 atom stereocenters. The summed E-state index contributed by atoms with van der Waals surface area (Å²) in [6.45, 7) is 0. The van der Waals surface area contributed by atoms with Gasteiger partial charge in [-0.25, -0.2) is 4.98 Å². The number of fused-ring (bicyclic) bond motifs is 1. The van der Waals surface area contributed by atoms with Gasteiger partial charge in [0.05, 0.1) is 7.11 Å². The molecule has 0 radical (unpaired) electrons. The van der Waals surface area contributed by atoms with Crippen LogP contribution in [0.15, 0.2) is 24.3 Å². The average molecular weight is 262 g/mol. The zero-order chi connectivity index (χ0) is 12.6. The van der Waals surface area contributed by atoms with E-state index in [0.29, 0.717) is 16.5 Å². The molecular formula is C11H7ClF3NO. The molecule has 0 saturated carbocycles. The largest absolute Gasteiger partial charge is 0.497 e. The Kier molecular flexibility index (Phi) is 2.87. The molecule has 1 aromatic heterocycles. The van der Waals surface area contributed by atoms with E-state index in [1.807, 2.05) is 0 Å². The summed E-state index contributed by atoms with van der Waals surface area (Å²) in [6, 6.07) is 5.62. The summed E-state index contributed by atoms with van der Waals surface area (Å²) < 4.78 is 42.5. The highest BCUT2D eigenvalue weighted by Gasteiger charge is 2.33. The van der Waals surface area contributed by atoms with E-state index in [1.165, 1.54) is 13.2 Å². The Balaban J connectivity index is 2.70. The molecule has 17 heavy (non-hydrogen) atoms. The summed E-state index contributed by atoms with van der Waals surface area (Å²) in [6.07, 6.45) is -4.51. The van der Waals surface area contributed by atoms with E-state index >= 15 is 0 Å². The van der Waals surface area contributed by atoms with Crippen LogP contribution in [0.1, 0.15) is 5.69 Å². The van der Waals surface area contributed by atoms with E-state index in [0.717, 1.165) is 6.07 Å². The predicted molar refractivity (Wildman–Crippen MR) is 58.3 cm³/mol. The van der Waals surface area contributed by atoms with Crippen LogP contribution in [0.4, 0.5) is 13.2 Å². The molecule has 1 aromatic carbocycles. The van der Waals surface area contributed by atoms with Gasteiger partial charge in [-0.3, -0.25) is 0 Å². The molecule has 90 valence electrons. The number of alkyl halides is 3. The maximum atomic E-state index is 12.5. The first-order valence-corrected chi connectivity index (χ1v) is 5.01. The quantitative estimate of drug-likeness (QED) is 0.726. The van der Waals surface area contributed by atoms with E-state index in [9.17, 15) is 13.2 Å². The van der Waals surface area contributed by atoms with Crippen molar-refractivity contribution >= 4 is 22.4 Å². The van der Waals surface area contributed by atoms with Crippen LogP contribution in [0.25, 0.3) is 10.8 Å². The Morgan fingerprint density at radius 2 is 1.94 bits per heavy atom. The van der Waals surface area contributed by atoms with Crippen LogP contribution >= 0.6 is 11.6 Å². The second-order valence-corrected chi connectivity index (χ2v) is 3.74. The van der Waals surface area contributed by atoms with Crippen LogP contribution in [0.3, 0.4) is 0 Å². The Hall–Kier alpha value is -1.49. The van der Waals surface area contributed by atoms with Crippen molar-refractivity contribution in [2.24, 2.45) is 0 Å². The number of hydrogen-bond acceptors (Lipinski definition) is 2. The third-order valence-corrected chi connectivity index (χ3v) is 2.57. The molecule has 0 bridgehead atoms. The molecule has 0 saturated heterocycles. The fourth-order valence-electron chi connectivity index (χ4n) is 1.47. The standard InChI is InChI=1S/C11H7ClF3NO/c1-17-7-2-3-8-6(4-7)5-9(11(13,14)15)16-10(8)12/h2-5H,1H3. The highest BCUT2D eigenvalue weighted by atomic mass is 35.5. The lowest BCUT2D eigenvalue weighted by atomic mass is 10.1. The first-order chi connectivity index (χ1) is 7.91. The number of aromatic nitrogens is 1. The minimum Gasteiger partial charge on any atom is -0.497 e. The predicted octanol–water partition coefficient (Wildman–Crippen LogP) is 3.92. The number of hydrogen-bond donors (Lipinski definition) is 0. The van der Waals surface area contributed by atoms with Gasteiger partial charge in [0.1, 0.15) is 16.6 Å². The van der Waals surface area contributed by atoms with Crippen LogP contribution in [0.2, 0.25) is 5.15 Å². The number of rotatable bonds is 1. The molecule has 0 aliphatic heterocycles. The monoisotopic (exact) mass is 261 g/mol. The molecule has 0 amide bonds. The molecule has 0 aliphatic carbocycles. The number of ether oxygens (including phenoxy) is 1. The summed E-state index contributed by atoms with van der Waals surface area (Å²) in [4.78, 5) is 3.33. The van der Waals surface area contributed by atoms with E-state index in [-0.39, 0.29) is 5.15 Å². The van der Waals surface area contributed by atoms with Crippen LogP contribution in [-0.2, 0) is 6.18 Å². The van der Waals surface area contributed by atoms with Crippen LogP contribution in [0.5, 0.6) is 5.75 Å². The molecular weight excluding hydrogens is 255 g/mol. The van der Waals surface area contributed by atoms with Gasteiger partial charge in [-0.1, -0.05) is 11.6 Å². The summed E-state index contributed by atoms with van der Waals surface area (Å²) in [7, 11) is 1.44. The summed E-state index contributed by atoms with van der Waals surface area (Å²) >= 11 is 5.71. The lowest BCUT2D eigenvalue weighted by Gasteiger charge is -2.09. The first-order valence-electron chi connectivity index (χ1n) is 4.63. The number of pyridine rings is 1. The van der Waals surface area contributed by atoms with Gasteiger partial charge in [-0.2, -0.15) is 13.2 Å². The lowest BCUT2D eigenvalue weighted by molar-refractivity contribution is -0.141. The molecule has 0 aliphatic rings. The fraction of sp³-hybridized carbons (Fsp3) is 0.182. The molecule has 0 spiro atoms. The van der Waals surface area contributed by atoms with Crippen molar-refractivity contribution in [3.05, 3.63) is 35.1 Å². The van der Waals surface area contributed by atoms with Crippen molar-refractivity contribution in [2.45, 2.75) is 6.18 Å². The normalized spacial score (nSPS) is 11.8. The second-order valence-electron chi connectivity index (χ2n) is 3.38. The Labute approximate surface area is 100.0 Å². The Morgan fingerprint density at radius 1 is 1.24 bits per heavy atom. The van der Waals surface area contributed by atoms with Crippen molar-refractivity contribution in [2.75, 3.05) is 7.11 Å². The van der Waals surface area contributed by atoms with Gasteiger partial charge in [-0.15, -0.1) is 0 Å². The third kappa shape index (κ3) is 2.29. The van der Waals surface area contributed by atoms with Gasteiger partial charge in [0, 0.05) is 5.39 Å². The van der Waals surface area contributed by atoms with Gasteiger partial charge in [-0.05, 0) is 29.7 Å². The van der Waals surface area contributed by atoms with Crippen LogP contribution < -0.4 is 4.74 Å². The van der Waals surface area contributed by atoms with Crippen molar-refractivity contribution in [3.63, 3.8) is 0 Å². The summed E-state index contributed by atoms with van der Waals surface area (Å²) in [5, 5.41) is 0.634. The topological polar surface area (TPSA) is 22.1 Å². The van der Waals surface area contributed by atoms with Gasteiger partial charge in [0.25, 0.3) is 0 Å². The van der Waals surface area contributed by atoms with Crippen LogP contribution in [0, 0.1) is 0 Å². The van der Waals surface area contributed by atoms with Gasteiger partial charge < -0.3 is 4.74 Å². The molecule has 2 nitrogen and oxygen atoms in total. The summed E-state index contributed by atoms with van der Waals surface area (Å²) in [5.41, 5.74) is -1.01. The van der Waals surface area contributed by atoms with Gasteiger partial charge in [0.2, 0.25) is 0 Å². The number of halogens is 4. The van der Waals surface area contributed by atoms with Gasteiger partial charge >= 0.3 is 6.18 Å². The number of methoxy groups -OCH3 is 1. The molecule has 1 heterocycles. The lowest BCUT2D eigenvalue weighted by Crippen LogP contribution is -2.07. The van der Waals surface area contributed by atoms with E-state index in [2.05, 4.69) is 4.98 Å². The molecule has 0 fully saturated rings. The Bertz CT molecular complexity index is 568. The van der Waals surface area contributed by atoms with E-state index in [1.54, 1.807) is 12.1 Å².